The summed E-state index contributed by atoms with van der Waals surface area (Å²) in [7, 11) is 0. The van der Waals surface area contributed by atoms with E-state index >= 15 is 0 Å². The molecule has 0 aromatic carbocycles. The van der Waals surface area contributed by atoms with Crippen LogP contribution in [0.4, 0.5) is 0 Å². The monoisotopic (exact) mass is 239 g/mol. The highest BCUT2D eigenvalue weighted by Gasteiger charge is 2.33. The van der Waals surface area contributed by atoms with Gasteiger partial charge in [0.05, 0.1) is 6.04 Å². The fraction of sp³-hybridized carbons (Fsp3) is 0.923. The summed E-state index contributed by atoms with van der Waals surface area (Å²) in [6, 6.07) is 0.256. The van der Waals surface area contributed by atoms with Crippen molar-refractivity contribution in [3.05, 3.63) is 0 Å². The zero-order chi connectivity index (χ0) is 12.4. The molecule has 2 aliphatic heterocycles. The largest absolute Gasteiger partial charge is 0.338 e. The van der Waals surface area contributed by atoms with E-state index < -0.39 is 0 Å². The molecule has 0 aliphatic carbocycles. The minimum atomic E-state index is -0.329. The molecule has 4 heteroatoms. The summed E-state index contributed by atoms with van der Waals surface area (Å²) in [5.74, 6) is 0.372. The van der Waals surface area contributed by atoms with Crippen LogP contribution in [0.1, 0.15) is 33.1 Å². The van der Waals surface area contributed by atoms with E-state index in [1.54, 1.807) is 0 Å². The van der Waals surface area contributed by atoms with E-state index in [1.807, 2.05) is 18.7 Å². The first kappa shape index (κ1) is 12.8. The molecule has 2 rings (SSSR count). The standard InChI is InChI=1S/C13H25N3O/c1-10(2)12(14)13(17)16-8-7-15-6-4-3-5-11(15)9-16/h10-12H,3-9,14H2,1-2H3/t11?,12-/m0/s1. The smallest absolute Gasteiger partial charge is 0.239 e. The molecule has 2 N–H and O–H groups in total. The maximum atomic E-state index is 12.2. The fourth-order valence-electron chi connectivity index (χ4n) is 2.85. The van der Waals surface area contributed by atoms with Crippen LogP contribution in [-0.4, -0.2) is 54.0 Å². The van der Waals surface area contributed by atoms with Crippen LogP contribution in [0.25, 0.3) is 0 Å². The molecule has 1 amide bonds. The van der Waals surface area contributed by atoms with Crippen molar-refractivity contribution in [1.29, 1.82) is 0 Å². The molecule has 2 atom stereocenters. The molecule has 0 spiro atoms. The number of fused-ring (bicyclic) bond motifs is 1. The van der Waals surface area contributed by atoms with E-state index in [4.69, 9.17) is 5.73 Å². The Kier molecular flexibility index (Phi) is 4.05. The topological polar surface area (TPSA) is 49.6 Å². The zero-order valence-electron chi connectivity index (χ0n) is 11.1. The number of amides is 1. The van der Waals surface area contributed by atoms with Gasteiger partial charge in [0.1, 0.15) is 0 Å². The highest BCUT2D eigenvalue weighted by Crippen LogP contribution is 2.21. The van der Waals surface area contributed by atoms with Gasteiger partial charge in [-0.25, -0.2) is 0 Å². The Morgan fingerprint density at radius 1 is 1.24 bits per heavy atom. The van der Waals surface area contributed by atoms with Gasteiger partial charge in [-0.05, 0) is 25.3 Å². The molecule has 4 nitrogen and oxygen atoms in total. The van der Waals surface area contributed by atoms with Crippen LogP contribution in [0, 0.1) is 5.92 Å². The van der Waals surface area contributed by atoms with Crippen molar-refractivity contribution in [3.63, 3.8) is 0 Å². The average Bonchev–Trinajstić information content (AvgIpc) is 2.36. The fourth-order valence-corrected chi connectivity index (χ4v) is 2.85. The van der Waals surface area contributed by atoms with E-state index in [-0.39, 0.29) is 17.9 Å². The molecule has 2 saturated heterocycles. The number of carbonyl (C=O) groups is 1. The third-order valence-corrected chi connectivity index (χ3v) is 4.15. The Bertz CT molecular complexity index is 280. The molecule has 98 valence electrons. The summed E-state index contributed by atoms with van der Waals surface area (Å²) in [6.07, 6.45) is 3.86. The molecule has 0 aromatic rings. The number of piperidine rings is 1. The van der Waals surface area contributed by atoms with Crippen LogP contribution < -0.4 is 5.73 Å². The third kappa shape index (κ3) is 2.80. The molecule has 2 heterocycles. The number of nitrogens with two attached hydrogens (primary N) is 1. The second-order valence-electron chi connectivity index (χ2n) is 5.74. The van der Waals surface area contributed by atoms with Gasteiger partial charge in [0.15, 0.2) is 0 Å². The van der Waals surface area contributed by atoms with Gasteiger partial charge in [-0.2, -0.15) is 0 Å². The zero-order valence-corrected chi connectivity index (χ0v) is 11.1. The lowest BCUT2D eigenvalue weighted by Crippen LogP contribution is -2.59. The van der Waals surface area contributed by atoms with Gasteiger partial charge in [0.2, 0.25) is 5.91 Å². The van der Waals surface area contributed by atoms with Crippen LogP contribution in [-0.2, 0) is 4.79 Å². The van der Waals surface area contributed by atoms with Gasteiger partial charge < -0.3 is 10.6 Å². The summed E-state index contributed by atoms with van der Waals surface area (Å²) in [5.41, 5.74) is 5.95. The predicted molar refractivity (Wildman–Crippen MR) is 68.6 cm³/mol. The molecule has 0 aromatic heterocycles. The van der Waals surface area contributed by atoms with Crippen LogP contribution in [0.5, 0.6) is 0 Å². The normalized spacial score (nSPS) is 28.0. The molecule has 0 saturated carbocycles. The number of rotatable bonds is 2. The van der Waals surface area contributed by atoms with Gasteiger partial charge in [-0.1, -0.05) is 20.3 Å². The minimum absolute atomic E-state index is 0.144. The van der Waals surface area contributed by atoms with Crippen molar-refractivity contribution in [3.8, 4) is 0 Å². The summed E-state index contributed by atoms with van der Waals surface area (Å²) in [6.45, 7) is 8.01. The number of piperazine rings is 1. The Morgan fingerprint density at radius 3 is 2.71 bits per heavy atom. The maximum Gasteiger partial charge on any atom is 0.239 e. The molecule has 0 bridgehead atoms. The minimum Gasteiger partial charge on any atom is -0.338 e. The highest BCUT2D eigenvalue weighted by molar-refractivity contribution is 5.82. The summed E-state index contributed by atoms with van der Waals surface area (Å²) in [5, 5.41) is 0. The van der Waals surface area contributed by atoms with Crippen molar-refractivity contribution < 1.29 is 4.79 Å². The maximum absolute atomic E-state index is 12.2. The van der Waals surface area contributed by atoms with Crippen LogP contribution in [0.15, 0.2) is 0 Å². The van der Waals surface area contributed by atoms with Crippen LogP contribution in [0.2, 0.25) is 0 Å². The molecule has 17 heavy (non-hydrogen) atoms. The molecule has 1 unspecified atom stereocenters. The number of nitrogens with zero attached hydrogens (tertiary/aromatic N) is 2. The van der Waals surface area contributed by atoms with Crippen molar-refractivity contribution in [1.82, 2.24) is 9.80 Å². The Morgan fingerprint density at radius 2 is 2.00 bits per heavy atom. The van der Waals surface area contributed by atoms with Crippen molar-refractivity contribution in [2.75, 3.05) is 26.2 Å². The Balaban J connectivity index is 1.93. The van der Waals surface area contributed by atoms with E-state index in [0.717, 1.165) is 19.6 Å². The van der Waals surface area contributed by atoms with E-state index in [0.29, 0.717) is 6.04 Å². The number of hydrogen-bond donors (Lipinski definition) is 1. The number of hydrogen-bond acceptors (Lipinski definition) is 3. The van der Waals surface area contributed by atoms with E-state index in [1.165, 1.54) is 25.8 Å². The second-order valence-corrected chi connectivity index (χ2v) is 5.74. The van der Waals surface area contributed by atoms with Gasteiger partial charge in [-0.15, -0.1) is 0 Å². The van der Waals surface area contributed by atoms with Crippen molar-refractivity contribution in [2.24, 2.45) is 11.7 Å². The Hall–Kier alpha value is -0.610. The second kappa shape index (κ2) is 5.36. The lowest BCUT2D eigenvalue weighted by Gasteiger charge is -2.44. The lowest BCUT2D eigenvalue weighted by atomic mass is 9.98. The SMILES string of the molecule is CC(C)[C@H](N)C(=O)N1CCN2CCCCC2C1. The first-order chi connectivity index (χ1) is 8.09. The third-order valence-electron chi connectivity index (χ3n) is 4.15. The Labute approximate surface area is 104 Å². The summed E-state index contributed by atoms with van der Waals surface area (Å²) >= 11 is 0. The van der Waals surface area contributed by atoms with Gasteiger partial charge in [0, 0.05) is 25.7 Å². The highest BCUT2D eigenvalue weighted by atomic mass is 16.2. The first-order valence-corrected chi connectivity index (χ1v) is 6.88. The van der Waals surface area contributed by atoms with E-state index in [9.17, 15) is 4.79 Å². The van der Waals surface area contributed by atoms with Crippen molar-refractivity contribution in [2.45, 2.75) is 45.2 Å². The first-order valence-electron chi connectivity index (χ1n) is 6.88. The molecular formula is C13H25N3O. The molecule has 2 aliphatic rings. The summed E-state index contributed by atoms with van der Waals surface area (Å²) in [4.78, 5) is 16.7. The predicted octanol–water partition coefficient (Wildman–Crippen LogP) is 0.666. The summed E-state index contributed by atoms with van der Waals surface area (Å²) < 4.78 is 0. The molecule has 0 radical (unpaired) electrons. The van der Waals surface area contributed by atoms with Gasteiger partial charge in [-0.3, -0.25) is 9.69 Å². The van der Waals surface area contributed by atoms with Crippen LogP contribution in [0.3, 0.4) is 0 Å². The number of carbonyl (C=O) groups excluding carboxylic acids is 1. The average molecular weight is 239 g/mol. The lowest BCUT2D eigenvalue weighted by molar-refractivity contribution is -0.137. The quantitative estimate of drug-likeness (QED) is 0.770. The molecule has 2 fully saturated rings. The van der Waals surface area contributed by atoms with Crippen molar-refractivity contribution >= 4 is 5.91 Å². The van der Waals surface area contributed by atoms with Gasteiger partial charge in [0.25, 0.3) is 0 Å². The molecular weight excluding hydrogens is 214 g/mol. The van der Waals surface area contributed by atoms with E-state index in [2.05, 4.69) is 4.90 Å². The van der Waals surface area contributed by atoms with Crippen LogP contribution >= 0.6 is 0 Å². The van der Waals surface area contributed by atoms with Gasteiger partial charge >= 0.3 is 0 Å².